The van der Waals surface area contributed by atoms with Crippen LogP contribution in [0.25, 0.3) is 0 Å². The summed E-state index contributed by atoms with van der Waals surface area (Å²) < 4.78 is 0. The first-order valence-electron chi connectivity index (χ1n) is 11.0. The summed E-state index contributed by atoms with van der Waals surface area (Å²) >= 11 is 6.10. The number of rotatable bonds is 5. The summed E-state index contributed by atoms with van der Waals surface area (Å²) in [6.45, 7) is 2.41. The molecule has 1 N–H and O–H groups in total. The van der Waals surface area contributed by atoms with Gasteiger partial charge in [-0.3, -0.25) is 9.59 Å². The van der Waals surface area contributed by atoms with Crippen LogP contribution in [0.15, 0.2) is 60.7 Å². The minimum Gasteiger partial charge on any atom is -0.550 e. The Bertz CT molecular complexity index is 1080. The molecule has 1 aliphatic heterocycles. The van der Waals surface area contributed by atoms with Crippen molar-refractivity contribution in [1.82, 2.24) is 4.90 Å². The van der Waals surface area contributed by atoms with Gasteiger partial charge in [-0.2, -0.15) is 0 Å². The van der Waals surface area contributed by atoms with Crippen LogP contribution >= 0.6 is 11.6 Å². The molecular formula is C25H25ClN3O4-. The van der Waals surface area contributed by atoms with E-state index in [1.807, 2.05) is 24.3 Å². The van der Waals surface area contributed by atoms with Gasteiger partial charge >= 0.3 is 0 Å². The van der Waals surface area contributed by atoms with Gasteiger partial charge in [-0.1, -0.05) is 42.0 Å². The van der Waals surface area contributed by atoms with Crippen LogP contribution in [0.5, 0.6) is 0 Å². The topological polar surface area (TPSA) is 92.8 Å². The molecule has 7 nitrogen and oxygen atoms in total. The molecule has 0 radical (unpaired) electrons. The number of nitrogens with one attached hydrogen (secondary N) is 1. The number of carboxylic acid groups (broad SMARTS) is 1. The van der Waals surface area contributed by atoms with E-state index in [-0.39, 0.29) is 12.3 Å². The normalized spacial score (nSPS) is 20.4. The van der Waals surface area contributed by atoms with Crippen LogP contribution in [-0.4, -0.2) is 48.9 Å². The Kier molecular flexibility index (Phi) is 6.99. The Morgan fingerprint density at radius 2 is 1.61 bits per heavy atom. The van der Waals surface area contributed by atoms with Crippen molar-refractivity contribution in [3.63, 3.8) is 0 Å². The third-order valence-corrected chi connectivity index (χ3v) is 6.46. The molecule has 2 aliphatic rings. The number of nitrogens with zero attached hydrogens (tertiary/aromatic N) is 2. The fourth-order valence-corrected chi connectivity index (χ4v) is 4.56. The molecule has 1 aliphatic carbocycles. The van der Waals surface area contributed by atoms with Crippen LogP contribution in [0.3, 0.4) is 0 Å². The number of allylic oxidation sites excluding steroid dienone is 2. The van der Waals surface area contributed by atoms with Gasteiger partial charge in [0.2, 0.25) is 5.91 Å². The number of benzene rings is 2. The Morgan fingerprint density at radius 1 is 0.909 bits per heavy atom. The van der Waals surface area contributed by atoms with Gasteiger partial charge in [-0.15, -0.1) is 0 Å². The highest BCUT2D eigenvalue weighted by atomic mass is 35.5. The molecule has 0 saturated carbocycles. The highest BCUT2D eigenvalue weighted by molar-refractivity contribution is 6.30. The maximum Gasteiger partial charge on any atom is 0.256 e. The summed E-state index contributed by atoms with van der Waals surface area (Å²) in [5.74, 6) is -3.43. The van der Waals surface area contributed by atoms with Crippen LogP contribution < -0.4 is 15.3 Å². The maximum atomic E-state index is 13.3. The van der Waals surface area contributed by atoms with Gasteiger partial charge in [-0.25, -0.2) is 0 Å². The highest BCUT2D eigenvalue weighted by Gasteiger charge is 2.31. The average Bonchev–Trinajstić information content (AvgIpc) is 2.84. The number of amides is 2. The van der Waals surface area contributed by atoms with Crippen molar-refractivity contribution in [2.75, 3.05) is 36.4 Å². The minimum absolute atomic E-state index is 0.170. The van der Waals surface area contributed by atoms with Crippen molar-refractivity contribution in [2.24, 2.45) is 11.8 Å². The van der Waals surface area contributed by atoms with Crippen molar-refractivity contribution < 1.29 is 19.5 Å². The summed E-state index contributed by atoms with van der Waals surface area (Å²) in [4.78, 5) is 41.5. The summed E-state index contributed by atoms with van der Waals surface area (Å²) in [6, 6.07) is 14.5. The largest absolute Gasteiger partial charge is 0.550 e. The number of carbonyl (C=O) groups excluding carboxylic acids is 3. The summed E-state index contributed by atoms with van der Waals surface area (Å²) in [5, 5.41) is 14.9. The molecule has 33 heavy (non-hydrogen) atoms. The van der Waals surface area contributed by atoms with Crippen molar-refractivity contribution in [1.29, 1.82) is 0 Å². The van der Waals surface area contributed by atoms with Gasteiger partial charge in [0.25, 0.3) is 5.91 Å². The molecular weight excluding hydrogens is 442 g/mol. The first-order chi connectivity index (χ1) is 15.9. The Morgan fingerprint density at radius 3 is 2.30 bits per heavy atom. The third-order valence-electron chi connectivity index (χ3n) is 6.23. The molecule has 2 aromatic carbocycles. The lowest BCUT2D eigenvalue weighted by Gasteiger charge is -2.36. The first-order valence-corrected chi connectivity index (χ1v) is 11.4. The molecule has 0 aromatic heterocycles. The molecule has 2 atom stereocenters. The molecule has 1 fully saturated rings. The van der Waals surface area contributed by atoms with Crippen molar-refractivity contribution in [2.45, 2.75) is 12.8 Å². The van der Waals surface area contributed by atoms with E-state index in [1.165, 1.54) is 0 Å². The quantitative estimate of drug-likeness (QED) is 0.684. The lowest BCUT2D eigenvalue weighted by molar-refractivity contribution is -0.313. The van der Waals surface area contributed by atoms with E-state index < -0.39 is 23.7 Å². The fraction of sp³-hybridized carbons (Fsp3) is 0.320. The maximum absolute atomic E-state index is 13.3. The summed E-state index contributed by atoms with van der Waals surface area (Å²) in [7, 11) is 0. The predicted octanol–water partition coefficient (Wildman–Crippen LogP) is 2.57. The monoisotopic (exact) mass is 466 g/mol. The fourth-order valence-electron chi connectivity index (χ4n) is 4.38. The Balaban J connectivity index is 1.44. The van der Waals surface area contributed by atoms with Crippen molar-refractivity contribution >= 4 is 40.8 Å². The molecule has 2 aromatic rings. The zero-order chi connectivity index (χ0) is 23.4. The van der Waals surface area contributed by atoms with Crippen LogP contribution in [0, 0.1) is 11.8 Å². The second kappa shape index (κ2) is 10.1. The SMILES string of the molecule is O=C([O-])C1CC=CCC1C(=O)Nc1ccccc1C(=O)N1CCN(c2cccc(Cl)c2)CC1. The standard InChI is InChI=1S/C25H26ClN3O4/c26-17-6-5-7-18(16-17)28-12-14-29(15-13-28)24(31)21-10-3-4-11-22(21)27-23(30)19-8-1-2-9-20(19)25(32)33/h1-7,10-11,16,19-20H,8-9,12-15H2,(H,27,30)(H,32,33)/p-1. The van der Waals surface area contributed by atoms with Crippen molar-refractivity contribution in [3.8, 4) is 0 Å². The average molecular weight is 467 g/mol. The molecule has 0 bridgehead atoms. The van der Waals surface area contributed by atoms with E-state index in [4.69, 9.17) is 11.6 Å². The predicted molar refractivity (Wildman–Crippen MR) is 125 cm³/mol. The number of aliphatic carboxylic acids is 1. The number of piperazine rings is 1. The third kappa shape index (κ3) is 5.20. The second-order valence-corrected chi connectivity index (χ2v) is 8.71. The second-order valence-electron chi connectivity index (χ2n) is 8.27. The van der Waals surface area contributed by atoms with Gasteiger partial charge in [0, 0.05) is 48.8 Å². The summed E-state index contributed by atoms with van der Waals surface area (Å²) in [5.41, 5.74) is 1.79. The Labute approximate surface area is 197 Å². The van der Waals surface area contributed by atoms with E-state index in [9.17, 15) is 19.5 Å². The number of halogens is 1. The smallest absolute Gasteiger partial charge is 0.256 e. The van der Waals surface area contributed by atoms with E-state index >= 15 is 0 Å². The number of para-hydroxylation sites is 1. The molecule has 4 rings (SSSR count). The number of carboxylic acids is 1. The molecule has 1 heterocycles. The zero-order valence-corrected chi connectivity index (χ0v) is 18.8. The van der Waals surface area contributed by atoms with E-state index in [0.717, 1.165) is 5.69 Å². The molecule has 2 amide bonds. The number of hydrogen-bond acceptors (Lipinski definition) is 5. The van der Waals surface area contributed by atoms with Gasteiger partial charge < -0.3 is 25.0 Å². The van der Waals surface area contributed by atoms with Crippen LogP contribution in [0.4, 0.5) is 11.4 Å². The van der Waals surface area contributed by atoms with E-state index in [0.29, 0.717) is 48.9 Å². The van der Waals surface area contributed by atoms with E-state index in [1.54, 1.807) is 41.3 Å². The Hall–Kier alpha value is -3.32. The number of anilines is 2. The molecule has 8 heteroatoms. The lowest BCUT2D eigenvalue weighted by Crippen LogP contribution is -2.49. The van der Waals surface area contributed by atoms with Crippen LogP contribution in [-0.2, 0) is 9.59 Å². The zero-order valence-electron chi connectivity index (χ0n) is 18.1. The number of carbonyl (C=O) groups is 3. The lowest BCUT2D eigenvalue weighted by atomic mass is 9.82. The number of hydrogen-bond donors (Lipinski definition) is 1. The molecule has 2 unspecified atom stereocenters. The van der Waals surface area contributed by atoms with Crippen molar-refractivity contribution in [3.05, 3.63) is 71.3 Å². The first kappa shape index (κ1) is 22.9. The minimum atomic E-state index is -1.23. The summed E-state index contributed by atoms with van der Waals surface area (Å²) in [6.07, 6.45) is 4.15. The molecule has 1 saturated heterocycles. The molecule has 0 spiro atoms. The molecule has 172 valence electrons. The highest BCUT2D eigenvalue weighted by Crippen LogP contribution is 2.28. The van der Waals surface area contributed by atoms with Crippen LogP contribution in [0.1, 0.15) is 23.2 Å². The van der Waals surface area contributed by atoms with Gasteiger partial charge in [0.05, 0.1) is 17.2 Å². The van der Waals surface area contributed by atoms with Crippen LogP contribution in [0.2, 0.25) is 5.02 Å². The van der Waals surface area contributed by atoms with Gasteiger partial charge in [-0.05, 0) is 43.2 Å². The van der Waals surface area contributed by atoms with Gasteiger partial charge in [0.15, 0.2) is 0 Å². The van der Waals surface area contributed by atoms with E-state index in [2.05, 4.69) is 10.2 Å². The van der Waals surface area contributed by atoms with Gasteiger partial charge in [0.1, 0.15) is 0 Å².